The molecule has 0 saturated heterocycles. The first-order chi connectivity index (χ1) is 12.0. The molecular weight excluding hydrogens is 332 g/mol. The number of phenols is 1. The fourth-order valence-electron chi connectivity index (χ4n) is 2.44. The van der Waals surface area contributed by atoms with Crippen LogP contribution in [0.5, 0.6) is 5.75 Å². The van der Waals surface area contributed by atoms with Crippen molar-refractivity contribution in [2.24, 2.45) is 0 Å². The number of phenolic OH excluding ortho intramolecular Hbond substituents is 1. The average molecular weight is 347 g/mol. The van der Waals surface area contributed by atoms with Crippen LogP contribution in [0.2, 0.25) is 0 Å². The number of nitrogens with one attached hydrogen (secondary N) is 1. The standard InChI is InChI=1S/C17H15F2N3O3/c18-13-5-12(15(25)6-14(13)19)16-10-3-1-2-4-11(10)17(22-21-16)20-7-9(24)8-23/h1-6,9,23-25H,7-8H2,(H,20,22). The van der Waals surface area contributed by atoms with E-state index in [-0.39, 0.29) is 17.8 Å². The number of rotatable bonds is 5. The van der Waals surface area contributed by atoms with Crippen molar-refractivity contribution in [3.05, 3.63) is 48.0 Å². The van der Waals surface area contributed by atoms with Gasteiger partial charge in [-0.1, -0.05) is 24.3 Å². The van der Waals surface area contributed by atoms with E-state index in [0.717, 1.165) is 6.07 Å². The highest BCUT2D eigenvalue weighted by molar-refractivity contribution is 6.00. The molecule has 0 aliphatic carbocycles. The van der Waals surface area contributed by atoms with Crippen LogP contribution in [0.15, 0.2) is 36.4 Å². The molecule has 1 heterocycles. The minimum Gasteiger partial charge on any atom is -0.507 e. The third-order valence-electron chi connectivity index (χ3n) is 3.70. The van der Waals surface area contributed by atoms with Crippen LogP contribution in [-0.2, 0) is 0 Å². The topological polar surface area (TPSA) is 98.5 Å². The minimum absolute atomic E-state index is 0.0181. The zero-order valence-corrected chi connectivity index (χ0v) is 12.9. The van der Waals surface area contributed by atoms with E-state index in [9.17, 15) is 19.0 Å². The number of hydrogen-bond acceptors (Lipinski definition) is 6. The van der Waals surface area contributed by atoms with Crippen molar-refractivity contribution < 1.29 is 24.1 Å². The summed E-state index contributed by atoms with van der Waals surface area (Å²) in [6, 6.07) is 8.48. The van der Waals surface area contributed by atoms with E-state index < -0.39 is 30.1 Å². The maximum absolute atomic E-state index is 13.6. The van der Waals surface area contributed by atoms with Gasteiger partial charge in [0.05, 0.1) is 12.7 Å². The first-order valence-electron chi connectivity index (χ1n) is 7.48. The highest BCUT2D eigenvalue weighted by atomic mass is 19.2. The number of nitrogens with zero attached hydrogens (tertiary/aromatic N) is 2. The molecule has 0 bridgehead atoms. The minimum atomic E-state index is -1.16. The molecule has 1 aromatic heterocycles. The Balaban J connectivity index is 2.11. The van der Waals surface area contributed by atoms with Crippen LogP contribution in [0.3, 0.4) is 0 Å². The lowest BCUT2D eigenvalue weighted by molar-refractivity contribution is 0.105. The summed E-state index contributed by atoms with van der Waals surface area (Å²) in [4.78, 5) is 0. The molecule has 1 unspecified atom stereocenters. The van der Waals surface area contributed by atoms with Gasteiger partial charge in [-0.2, -0.15) is 0 Å². The quantitative estimate of drug-likeness (QED) is 0.564. The van der Waals surface area contributed by atoms with Gasteiger partial charge in [0, 0.05) is 28.9 Å². The maximum Gasteiger partial charge on any atom is 0.162 e. The smallest absolute Gasteiger partial charge is 0.162 e. The van der Waals surface area contributed by atoms with Gasteiger partial charge in [0.15, 0.2) is 17.5 Å². The monoisotopic (exact) mass is 347 g/mol. The van der Waals surface area contributed by atoms with Crippen molar-refractivity contribution >= 4 is 16.6 Å². The van der Waals surface area contributed by atoms with Crippen LogP contribution in [0.25, 0.3) is 22.0 Å². The third-order valence-corrected chi connectivity index (χ3v) is 3.70. The molecule has 0 saturated carbocycles. The van der Waals surface area contributed by atoms with E-state index in [1.807, 2.05) is 0 Å². The van der Waals surface area contributed by atoms with E-state index in [0.29, 0.717) is 22.7 Å². The number of benzene rings is 2. The highest BCUT2D eigenvalue weighted by Crippen LogP contribution is 2.35. The van der Waals surface area contributed by atoms with E-state index in [1.165, 1.54) is 0 Å². The lowest BCUT2D eigenvalue weighted by atomic mass is 10.0. The van der Waals surface area contributed by atoms with Gasteiger partial charge in [-0.25, -0.2) is 8.78 Å². The van der Waals surface area contributed by atoms with Gasteiger partial charge in [0.1, 0.15) is 11.4 Å². The molecule has 0 spiro atoms. The van der Waals surface area contributed by atoms with Crippen molar-refractivity contribution in [3.8, 4) is 17.0 Å². The molecule has 3 aromatic rings. The number of aromatic hydroxyl groups is 1. The summed E-state index contributed by atoms with van der Waals surface area (Å²) in [5, 5.41) is 40.3. The first-order valence-corrected chi connectivity index (χ1v) is 7.48. The van der Waals surface area contributed by atoms with Gasteiger partial charge >= 0.3 is 0 Å². The Labute approximate surface area is 141 Å². The number of anilines is 1. The number of aromatic nitrogens is 2. The fraction of sp³-hybridized carbons (Fsp3) is 0.176. The molecule has 0 aliphatic rings. The molecule has 25 heavy (non-hydrogen) atoms. The Kier molecular flexibility index (Phi) is 4.73. The molecule has 4 N–H and O–H groups in total. The predicted octanol–water partition coefficient (Wildman–Crippen LogP) is 2.05. The average Bonchev–Trinajstić information content (AvgIpc) is 2.62. The second-order valence-electron chi connectivity index (χ2n) is 5.44. The van der Waals surface area contributed by atoms with E-state index in [4.69, 9.17) is 5.11 Å². The van der Waals surface area contributed by atoms with Crippen molar-refractivity contribution in [3.63, 3.8) is 0 Å². The van der Waals surface area contributed by atoms with Gasteiger partial charge in [-0.05, 0) is 6.07 Å². The number of aliphatic hydroxyl groups is 2. The van der Waals surface area contributed by atoms with Crippen molar-refractivity contribution in [1.29, 1.82) is 0 Å². The second-order valence-corrected chi connectivity index (χ2v) is 5.44. The van der Waals surface area contributed by atoms with E-state index in [1.54, 1.807) is 24.3 Å². The number of aliphatic hydroxyl groups excluding tert-OH is 2. The SMILES string of the molecule is OCC(O)CNc1nnc(-c2cc(F)c(F)cc2O)c2ccccc12. The van der Waals surface area contributed by atoms with E-state index >= 15 is 0 Å². The van der Waals surface area contributed by atoms with Crippen LogP contribution in [0.1, 0.15) is 0 Å². The molecule has 0 fully saturated rings. The second kappa shape index (κ2) is 6.96. The molecule has 1 atom stereocenters. The lowest BCUT2D eigenvalue weighted by Crippen LogP contribution is -2.23. The summed E-state index contributed by atoms with van der Waals surface area (Å²) in [6.45, 7) is -0.343. The number of fused-ring (bicyclic) bond motifs is 1. The molecule has 8 heteroatoms. The first kappa shape index (κ1) is 17.0. The molecule has 3 rings (SSSR count). The Bertz CT molecular complexity index is 921. The van der Waals surface area contributed by atoms with Crippen LogP contribution in [0.4, 0.5) is 14.6 Å². The molecule has 0 radical (unpaired) electrons. The van der Waals surface area contributed by atoms with E-state index in [2.05, 4.69) is 15.5 Å². The molecule has 0 amide bonds. The van der Waals surface area contributed by atoms with Crippen molar-refractivity contribution in [1.82, 2.24) is 10.2 Å². The van der Waals surface area contributed by atoms with Crippen LogP contribution in [-0.4, -0.2) is 44.8 Å². The van der Waals surface area contributed by atoms with Gasteiger partial charge in [0.2, 0.25) is 0 Å². The predicted molar refractivity (Wildman–Crippen MR) is 88.1 cm³/mol. The number of hydrogen-bond donors (Lipinski definition) is 4. The highest BCUT2D eigenvalue weighted by Gasteiger charge is 2.17. The maximum atomic E-state index is 13.6. The normalized spacial score (nSPS) is 12.3. The summed E-state index contributed by atoms with van der Waals surface area (Å²) in [6.07, 6.45) is -0.963. The Morgan fingerprint density at radius 3 is 2.44 bits per heavy atom. The summed E-state index contributed by atoms with van der Waals surface area (Å²) >= 11 is 0. The summed E-state index contributed by atoms with van der Waals surface area (Å²) < 4.78 is 26.8. The Morgan fingerprint density at radius 1 is 1.04 bits per heavy atom. The van der Waals surface area contributed by atoms with Crippen molar-refractivity contribution in [2.75, 3.05) is 18.5 Å². The molecule has 130 valence electrons. The summed E-state index contributed by atoms with van der Waals surface area (Å²) in [5.41, 5.74) is 0.213. The van der Waals surface area contributed by atoms with Gasteiger partial charge in [-0.15, -0.1) is 10.2 Å². The van der Waals surface area contributed by atoms with Crippen LogP contribution in [0, 0.1) is 11.6 Å². The molecule has 6 nitrogen and oxygen atoms in total. The summed E-state index contributed by atoms with van der Waals surface area (Å²) in [7, 11) is 0. The summed E-state index contributed by atoms with van der Waals surface area (Å²) in [5.74, 6) is -2.36. The molecule has 2 aromatic carbocycles. The zero-order chi connectivity index (χ0) is 18.0. The number of halogens is 2. The zero-order valence-electron chi connectivity index (χ0n) is 12.9. The van der Waals surface area contributed by atoms with Gasteiger partial charge in [-0.3, -0.25) is 0 Å². The van der Waals surface area contributed by atoms with Crippen LogP contribution < -0.4 is 5.32 Å². The third kappa shape index (κ3) is 3.35. The molecule has 0 aliphatic heterocycles. The Hall–Kier alpha value is -2.84. The largest absolute Gasteiger partial charge is 0.507 e. The van der Waals surface area contributed by atoms with Gasteiger partial charge in [0.25, 0.3) is 0 Å². The fourth-order valence-corrected chi connectivity index (χ4v) is 2.44. The lowest BCUT2D eigenvalue weighted by Gasteiger charge is -2.13. The van der Waals surface area contributed by atoms with Crippen molar-refractivity contribution in [2.45, 2.75) is 6.10 Å². The van der Waals surface area contributed by atoms with Gasteiger partial charge < -0.3 is 20.6 Å². The Morgan fingerprint density at radius 2 is 1.72 bits per heavy atom. The van der Waals surface area contributed by atoms with Crippen LogP contribution >= 0.6 is 0 Å². The molecular formula is C17H15F2N3O3.